The number of rotatable bonds is 8. The van der Waals surface area contributed by atoms with Crippen LogP contribution in [-0.4, -0.2) is 67.7 Å². The molecule has 2 heterocycles. The summed E-state index contributed by atoms with van der Waals surface area (Å²) in [5.74, 6) is -0.614. The highest BCUT2D eigenvalue weighted by atomic mass is 79.9. The number of nitrogens with one attached hydrogen (secondary N) is 3. The van der Waals surface area contributed by atoms with Crippen molar-refractivity contribution in [3.63, 3.8) is 0 Å². The maximum atomic E-state index is 12.2. The van der Waals surface area contributed by atoms with Gasteiger partial charge in [0.2, 0.25) is 0 Å². The fraction of sp³-hybridized carbons (Fsp3) is 0.357. The smallest absolute Gasteiger partial charge is 0.267 e. The van der Waals surface area contributed by atoms with E-state index in [0.717, 1.165) is 4.47 Å². The van der Waals surface area contributed by atoms with Crippen molar-refractivity contribution in [2.45, 2.75) is 6.10 Å². The first-order valence-electron chi connectivity index (χ1n) is 7.77. The molecule has 0 saturated carbocycles. The quantitative estimate of drug-likeness (QED) is 0.296. The zero-order valence-electron chi connectivity index (χ0n) is 14.6. The van der Waals surface area contributed by atoms with Crippen molar-refractivity contribution in [3.05, 3.63) is 32.6 Å². The lowest BCUT2D eigenvalue weighted by molar-refractivity contribution is 0.0899. The van der Waals surface area contributed by atoms with E-state index in [4.69, 9.17) is 15.0 Å². The number of amides is 1. The van der Waals surface area contributed by atoms with Crippen molar-refractivity contribution in [1.29, 1.82) is 0 Å². The van der Waals surface area contributed by atoms with Crippen LogP contribution in [-0.2, 0) is 14.9 Å². The average molecular weight is 542 g/mol. The number of ether oxygens (including phenoxy) is 1. The Hall–Kier alpha value is -1.74. The number of H-pyrrole nitrogens is 1. The molecule has 11 nitrogen and oxygen atoms in total. The molecule has 0 aliphatic carbocycles. The molecule has 14 heteroatoms. The lowest BCUT2D eigenvalue weighted by Gasteiger charge is -2.13. The Morgan fingerprint density at radius 3 is 2.82 bits per heavy atom. The van der Waals surface area contributed by atoms with Gasteiger partial charge in [-0.05, 0) is 44.0 Å². The number of aromatic nitrogens is 1. The highest BCUT2D eigenvalue weighted by Gasteiger charge is 2.19. The fourth-order valence-electron chi connectivity index (χ4n) is 2.11. The number of nitrogens with two attached hydrogens (primary N) is 1. The molecule has 1 atom stereocenters. The average Bonchev–Trinajstić information content (AvgIpc) is 3.12. The van der Waals surface area contributed by atoms with E-state index in [0.29, 0.717) is 16.0 Å². The largest absolute Gasteiger partial charge is 0.375 e. The first kappa shape index (κ1) is 22.5. The van der Waals surface area contributed by atoms with E-state index < -0.39 is 22.0 Å². The van der Waals surface area contributed by atoms with Gasteiger partial charge in [0.15, 0.2) is 11.8 Å². The number of carbonyl (C=O) groups excluding carboxylic acids is 1. The van der Waals surface area contributed by atoms with E-state index in [2.05, 4.69) is 57.5 Å². The standard InChI is InChI=1S/C14H18Br2N6O5S/c1-27-7(6-19-13(23)10-5-8(15)11(16)20-10)4-9-12(22-14(17)21-9)18-2-3-28(24,25)26/h4-5,7,20H,2-3,6H2,1H3,(H,19,23)(H,24,25,26)(H3,17,18,21,22)/b9-4+. The molecule has 6 N–H and O–H groups in total. The van der Waals surface area contributed by atoms with Crippen LogP contribution >= 0.6 is 31.9 Å². The minimum atomic E-state index is -4.13. The SMILES string of the molecule is COC(/C=C1/NC(N)=NC1=NCCS(=O)(=O)O)CNC(=O)c1cc(Br)c(Br)[nH]1. The van der Waals surface area contributed by atoms with Gasteiger partial charge in [0.25, 0.3) is 16.0 Å². The molecule has 0 spiro atoms. The van der Waals surface area contributed by atoms with Crippen LogP contribution in [0.15, 0.2) is 36.9 Å². The van der Waals surface area contributed by atoms with E-state index in [1.54, 1.807) is 12.1 Å². The summed E-state index contributed by atoms with van der Waals surface area (Å²) < 4.78 is 37.0. The predicted molar refractivity (Wildman–Crippen MR) is 111 cm³/mol. The minimum Gasteiger partial charge on any atom is -0.375 e. The summed E-state index contributed by atoms with van der Waals surface area (Å²) in [5, 5.41) is 5.50. The molecule has 1 unspecified atom stereocenters. The van der Waals surface area contributed by atoms with Gasteiger partial charge in [0.05, 0.1) is 33.2 Å². The van der Waals surface area contributed by atoms with Gasteiger partial charge in [-0.3, -0.25) is 14.3 Å². The number of aromatic amines is 1. The third-order valence-corrected chi connectivity index (χ3v) is 5.91. The number of nitrogens with zero attached hydrogens (tertiary/aromatic N) is 2. The molecule has 1 aliphatic heterocycles. The molecule has 28 heavy (non-hydrogen) atoms. The van der Waals surface area contributed by atoms with Crippen LogP contribution in [0.2, 0.25) is 0 Å². The van der Waals surface area contributed by atoms with Gasteiger partial charge in [0.1, 0.15) is 5.69 Å². The van der Waals surface area contributed by atoms with E-state index >= 15 is 0 Å². The third-order valence-electron chi connectivity index (χ3n) is 3.43. The molecule has 1 aromatic heterocycles. The predicted octanol–water partition coefficient (Wildman–Crippen LogP) is 0.373. The number of hydrogen-bond acceptors (Lipinski definition) is 7. The summed E-state index contributed by atoms with van der Waals surface area (Å²) in [6, 6.07) is 1.63. The first-order chi connectivity index (χ1) is 13.1. The van der Waals surface area contributed by atoms with E-state index in [9.17, 15) is 13.2 Å². The van der Waals surface area contributed by atoms with Crippen LogP contribution in [0, 0.1) is 0 Å². The molecule has 2 rings (SSSR count). The summed E-state index contributed by atoms with van der Waals surface area (Å²) in [7, 11) is -2.67. The van der Waals surface area contributed by atoms with Crippen molar-refractivity contribution in [2.24, 2.45) is 15.7 Å². The lowest BCUT2D eigenvalue weighted by atomic mass is 10.2. The number of hydrogen-bond donors (Lipinski definition) is 5. The maximum Gasteiger partial charge on any atom is 0.267 e. The molecular formula is C14H18Br2N6O5S. The van der Waals surface area contributed by atoms with Gasteiger partial charge in [-0.1, -0.05) is 0 Å². The topological polar surface area (TPSA) is 171 Å². The molecule has 154 valence electrons. The number of carbonyl (C=O) groups is 1. The van der Waals surface area contributed by atoms with Crippen LogP contribution in [0.5, 0.6) is 0 Å². The molecule has 1 aromatic rings. The Kier molecular flexibility index (Phi) is 7.77. The summed E-state index contributed by atoms with van der Waals surface area (Å²) in [6.45, 7) is -0.0398. The van der Waals surface area contributed by atoms with E-state index in [1.165, 1.54) is 7.11 Å². The number of amidine groups is 1. The minimum absolute atomic E-state index is 0.0804. The maximum absolute atomic E-state index is 12.2. The summed E-state index contributed by atoms with van der Waals surface area (Å²) in [5.41, 5.74) is 6.39. The fourth-order valence-corrected chi connectivity index (χ4v) is 3.09. The monoisotopic (exact) mass is 540 g/mol. The zero-order valence-corrected chi connectivity index (χ0v) is 18.6. The molecule has 0 fully saturated rings. The molecular weight excluding hydrogens is 524 g/mol. The van der Waals surface area contributed by atoms with Gasteiger partial charge in [-0.15, -0.1) is 0 Å². The number of aliphatic imine (C=N–C) groups is 2. The van der Waals surface area contributed by atoms with Crippen molar-refractivity contribution >= 4 is 59.7 Å². The lowest BCUT2D eigenvalue weighted by Crippen LogP contribution is -2.34. The molecule has 0 bridgehead atoms. The van der Waals surface area contributed by atoms with Crippen molar-refractivity contribution in [2.75, 3.05) is 26.0 Å². The third kappa shape index (κ3) is 6.70. The van der Waals surface area contributed by atoms with Crippen molar-refractivity contribution < 1.29 is 22.5 Å². The molecule has 0 radical (unpaired) electrons. The Morgan fingerprint density at radius 1 is 1.54 bits per heavy atom. The van der Waals surface area contributed by atoms with Gasteiger partial charge < -0.3 is 26.1 Å². The number of guanidine groups is 1. The Balaban J connectivity index is 2.03. The van der Waals surface area contributed by atoms with Crippen molar-refractivity contribution in [3.8, 4) is 0 Å². The van der Waals surface area contributed by atoms with Gasteiger partial charge in [0, 0.05) is 13.7 Å². The Labute approximate surface area is 177 Å². The molecule has 1 amide bonds. The van der Waals surface area contributed by atoms with Crippen LogP contribution in [0.4, 0.5) is 0 Å². The summed E-state index contributed by atoms with van der Waals surface area (Å²) >= 11 is 6.56. The summed E-state index contributed by atoms with van der Waals surface area (Å²) in [4.78, 5) is 23.0. The Morgan fingerprint density at radius 2 is 2.25 bits per heavy atom. The van der Waals surface area contributed by atoms with Crippen LogP contribution < -0.4 is 16.4 Å². The normalized spacial score (nSPS) is 18.2. The highest BCUT2D eigenvalue weighted by molar-refractivity contribution is 9.13. The van der Waals surface area contributed by atoms with Crippen LogP contribution in [0.1, 0.15) is 10.5 Å². The first-order valence-corrected chi connectivity index (χ1v) is 11.0. The molecule has 0 saturated heterocycles. The molecule has 1 aliphatic rings. The number of methoxy groups -OCH3 is 1. The second-order valence-corrected chi connectivity index (χ2v) is 8.74. The second kappa shape index (κ2) is 9.65. The van der Waals surface area contributed by atoms with Gasteiger partial charge >= 0.3 is 0 Å². The van der Waals surface area contributed by atoms with Crippen LogP contribution in [0.3, 0.4) is 0 Å². The van der Waals surface area contributed by atoms with Gasteiger partial charge in [-0.2, -0.15) is 13.4 Å². The second-order valence-electron chi connectivity index (χ2n) is 5.52. The highest BCUT2D eigenvalue weighted by Crippen LogP contribution is 2.22. The Bertz CT molecular complexity index is 921. The summed E-state index contributed by atoms with van der Waals surface area (Å²) in [6.07, 6.45) is 1.07. The van der Waals surface area contributed by atoms with Gasteiger partial charge in [-0.25, -0.2) is 0 Å². The van der Waals surface area contributed by atoms with Crippen molar-refractivity contribution in [1.82, 2.24) is 15.6 Å². The molecule has 0 aromatic carbocycles. The number of halogens is 2. The van der Waals surface area contributed by atoms with E-state index in [-0.39, 0.29) is 30.8 Å². The van der Waals surface area contributed by atoms with E-state index in [1.807, 2.05) is 0 Å². The zero-order chi connectivity index (χ0) is 20.9. The van der Waals surface area contributed by atoms with Crippen LogP contribution in [0.25, 0.3) is 0 Å².